The lowest BCUT2D eigenvalue weighted by Crippen LogP contribution is -2.14. The van der Waals surface area contributed by atoms with E-state index in [4.69, 9.17) is 15.0 Å². The number of nitrogens with zero attached hydrogens (tertiary/aromatic N) is 3. The van der Waals surface area contributed by atoms with Gasteiger partial charge in [-0.15, -0.1) is 0 Å². The molecular weight excluding hydrogens is 546 g/mol. The van der Waals surface area contributed by atoms with Gasteiger partial charge in [-0.25, -0.2) is 15.0 Å². The molecular formula is C42H29N3. The highest BCUT2D eigenvalue weighted by atomic mass is 15.0. The molecule has 1 heterocycles. The second-order valence-electron chi connectivity index (χ2n) is 12.5. The zero-order chi connectivity index (χ0) is 30.1. The Balaban J connectivity index is 1.31. The smallest absolute Gasteiger partial charge is 0.164 e. The van der Waals surface area contributed by atoms with Crippen molar-refractivity contribution in [3.63, 3.8) is 0 Å². The van der Waals surface area contributed by atoms with Crippen LogP contribution in [0, 0.1) is 0 Å². The molecule has 8 aromatic rings. The van der Waals surface area contributed by atoms with E-state index in [0.717, 1.165) is 38.2 Å². The lowest BCUT2D eigenvalue weighted by molar-refractivity contribution is 0.661. The molecule has 1 aromatic heterocycles. The highest BCUT2D eigenvalue weighted by Crippen LogP contribution is 2.50. The van der Waals surface area contributed by atoms with E-state index in [-0.39, 0.29) is 5.41 Å². The molecule has 0 saturated heterocycles. The van der Waals surface area contributed by atoms with Crippen molar-refractivity contribution in [2.75, 3.05) is 0 Å². The van der Waals surface area contributed by atoms with Crippen LogP contribution in [0.15, 0.2) is 140 Å². The Hall–Kier alpha value is -5.67. The van der Waals surface area contributed by atoms with Crippen molar-refractivity contribution in [2.24, 2.45) is 0 Å². The molecule has 45 heavy (non-hydrogen) atoms. The van der Waals surface area contributed by atoms with Gasteiger partial charge < -0.3 is 0 Å². The molecule has 0 amide bonds. The fourth-order valence-electron chi connectivity index (χ4n) is 7.16. The second-order valence-corrected chi connectivity index (χ2v) is 12.5. The van der Waals surface area contributed by atoms with E-state index in [2.05, 4.69) is 153 Å². The highest BCUT2D eigenvalue weighted by Gasteiger charge is 2.35. The first-order chi connectivity index (χ1) is 22.0. The van der Waals surface area contributed by atoms with Crippen molar-refractivity contribution in [3.8, 4) is 45.3 Å². The Morgan fingerprint density at radius 3 is 1.80 bits per heavy atom. The zero-order valence-corrected chi connectivity index (χ0v) is 25.1. The molecule has 0 N–H and O–H groups in total. The first-order valence-electron chi connectivity index (χ1n) is 15.5. The topological polar surface area (TPSA) is 38.7 Å². The number of benzene rings is 7. The van der Waals surface area contributed by atoms with Gasteiger partial charge in [0.05, 0.1) is 0 Å². The van der Waals surface area contributed by atoms with Gasteiger partial charge in [0.1, 0.15) is 0 Å². The molecule has 1 aliphatic rings. The molecule has 1 aliphatic carbocycles. The van der Waals surface area contributed by atoms with Gasteiger partial charge in [-0.3, -0.25) is 0 Å². The highest BCUT2D eigenvalue weighted by molar-refractivity contribution is 6.01. The molecule has 0 bridgehead atoms. The van der Waals surface area contributed by atoms with Gasteiger partial charge in [-0.2, -0.15) is 0 Å². The number of aromatic nitrogens is 3. The molecule has 0 unspecified atom stereocenters. The summed E-state index contributed by atoms with van der Waals surface area (Å²) >= 11 is 0. The monoisotopic (exact) mass is 575 g/mol. The van der Waals surface area contributed by atoms with Crippen LogP contribution in [0.2, 0.25) is 0 Å². The normalized spacial score (nSPS) is 13.3. The summed E-state index contributed by atoms with van der Waals surface area (Å²) in [5, 5.41) is 6.96. The summed E-state index contributed by atoms with van der Waals surface area (Å²) in [5.41, 5.74) is 8.21. The number of hydrogen-bond donors (Lipinski definition) is 0. The van der Waals surface area contributed by atoms with Crippen LogP contribution in [0.5, 0.6) is 0 Å². The molecule has 212 valence electrons. The van der Waals surface area contributed by atoms with Gasteiger partial charge in [-0.1, -0.05) is 135 Å². The molecule has 0 spiro atoms. The van der Waals surface area contributed by atoms with E-state index in [1.807, 2.05) is 0 Å². The average Bonchev–Trinajstić information content (AvgIpc) is 3.31. The van der Waals surface area contributed by atoms with Crippen molar-refractivity contribution >= 4 is 32.3 Å². The molecule has 0 atom stereocenters. The van der Waals surface area contributed by atoms with Gasteiger partial charge in [0, 0.05) is 22.1 Å². The van der Waals surface area contributed by atoms with E-state index in [1.165, 1.54) is 33.0 Å². The Morgan fingerprint density at radius 2 is 0.978 bits per heavy atom. The fourth-order valence-corrected chi connectivity index (χ4v) is 7.16. The summed E-state index contributed by atoms with van der Waals surface area (Å²) in [5.74, 6) is 2.01. The maximum atomic E-state index is 5.21. The van der Waals surface area contributed by atoms with Crippen molar-refractivity contribution < 1.29 is 0 Å². The molecule has 7 aromatic carbocycles. The lowest BCUT2D eigenvalue weighted by Gasteiger charge is -2.22. The fraction of sp³-hybridized carbons (Fsp3) is 0.0714. The molecule has 3 nitrogen and oxygen atoms in total. The maximum Gasteiger partial charge on any atom is 0.164 e. The largest absolute Gasteiger partial charge is 0.208 e. The van der Waals surface area contributed by atoms with Gasteiger partial charge in [-0.05, 0) is 72.8 Å². The summed E-state index contributed by atoms with van der Waals surface area (Å²) in [4.78, 5) is 15.5. The van der Waals surface area contributed by atoms with Crippen molar-refractivity contribution in [1.29, 1.82) is 0 Å². The molecule has 0 saturated carbocycles. The number of hydrogen-bond acceptors (Lipinski definition) is 3. The van der Waals surface area contributed by atoms with Gasteiger partial charge >= 0.3 is 0 Å². The Morgan fingerprint density at radius 1 is 0.378 bits per heavy atom. The van der Waals surface area contributed by atoms with Crippen LogP contribution in [-0.4, -0.2) is 15.0 Å². The molecule has 9 rings (SSSR count). The second kappa shape index (κ2) is 9.67. The van der Waals surface area contributed by atoms with E-state index < -0.39 is 0 Å². The third kappa shape index (κ3) is 4.01. The minimum atomic E-state index is -0.100. The van der Waals surface area contributed by atoms with Crippen molar-refractivity contribution in [3.05, 3.63) is 151 Å². The summed E-state index contributed by atoms with van der Waals surface area (Å²) in [6.07, 6.45) is 0. The number of rotatable bonds is 3. The van der Waals surface area contributed by atoms with Crippen molar-refractivity contribution in [1.82, 2.24) is 15.0 Å². The Labute approximate surface area is 261 Å². The predicted molar refractivity (Wildman–Crippen MR) is 186 cm³/mol. The zero-order valence-electron chi connectivity index (χ0n) is 25.1. The Bertz CT molecular complexity index is 2470. The van der Waals surface area contributed by atoms with E-state index in [0.29, 0.717) is 17.5 Å². The first-order valence-corrected chi connectivity index (χ1v) is 15.5. The standard InChI is InChI=1S/C42H29N3/c1-42(2)37-20-8-7-17-32(37)36-24-29-15-10-19-34(35(29)25-38(36)42)41-44-39(30-22-21-26-11-3-4-13-28(26)23-30)43-40(45-41)33-18-9-14-27-12-5-6-16-31(27)33/h3-25H,1-2H3. The first kappa shape index (κ1) is 25.8. The number of fused-ring (bicyclic) bond motifs is 6. The maximum absolute atomic E-state index is 5.21. The summed E-state index contributed by atoms with van der Waals surface area (Å²) < 4.78 is 0. The van der Waals surface area contributed by atoms with Crippen LogP contribution in [0.3, 0.4) is 0 Å². The van der Waals surface area contributed by atoms with Crippen molar-refractivity contribution in [2.45, 2.75) is 19.3 Å². The minimum absolute atomic E-state index is 0.100. The quantitative estimate of drug-likeness (QED) is 0.210. The summed E-state index contributed by atoms with van der Waals surface area (Å²) in [6.45, 7) is 4.65. The van der Waals surface area contributed by atoms with E-state index >= 15 is 0 Å². The third-order valence-electron chi connectivity index (χ3n) is 9.50. The van der Waals surface area contributed by atoms with Crippen LogP contribution in [0.4, 0.5) is 0 Å². The molecule has 0 radical (unpaired) electrons. The third-order valence-corrected chi connectivity index (χ3v) is 9.50. The van der Waals surface area contributed by atoms with Crippen LogP contribution < -0.4 is 0 Å². The van der Waals surface area contributed by atoms with Crippen LogP contribution >= 0.6 is 0 Å². The van der Waals surface area contributed by atoms with Crippen LogP contribution in [-0.2, 0) is 5.41 Å². The minimum Gasteiger partial charge on any atom is -0.208 e. The lowest BCUT2D eigenvalue weighted by atomic mass is 9.81. The van der Waals surface area contributed by atoms with Gasteiger partial charge in [0.2, 0.25) is 0 Å². The van der Waals surface area contributed by atoms with Crippen LogP contribution in [0.1, 0.15) is 25.0 Å². The SMILES string of the molecule is CC1(C)c2ccccc2-c2cc3cccc(-c4nc(-c5ccc6ccccc6c5)nc(-c5cccc6ccccc56)n4)c3cc21. The molecule has 3 heteroatoms. The average molecular weight is 576 g/mol. The summed E-state index contributed by atoms with van der Waals surface area (Å²) in [6, 6.07) is 49.6. The summed E-state index contributed by atoms with van der Waals surface area (Å²) in [7, 11) is 0. The van der Waals surface area contributed by atoms with Gasteiger partial charge in [0.15, 0.2) is 17.5 Å². The molecule has 0 fully saturated rings. The molecule has 0 aliphatic heterocycles. The van der Waals surface area contributed by atoms with E-state index in [9.17, 15) is 0 Å². The van der Waals surface area contributed by atoms with Gasteiger partial charge in [0.25, 0.3) is 0 Å². The van der Waals surface area contributed by atoms with Crippen LogP contribution in [0.25, 0.3) is 77.6 Å². The Kier molecular flexibility index (Phi) is 5.54. The van der Waals surface area contributed by atoms with E-state index in [1.54, 1.807) is 0 Å². The predicted octanol–water partition coefficient (Wildman–Crippen LogP) is 10.6.